The summed E-state index contributed by atoms with van der Waals surface area (Å²) in [6.07, 6.45) is 6.53. The molecule has 0 aliphatic heterocycles. The smallest absolute Gasteiger partial charge is 0.335 e. The van der Waals surface area contributed by atoms with Crippen molar-refractivity contribution in [2.24, 2.45) is 11.8 Å². The van der Waals surface area contributed by atoms with E-state index in [-0.39, 0.29) is 5.56 Å². The first-order chi connectivity index (χ1) is 9.56. The summed E-state index contributed by atoms with van der Waals surface area (Å²) in [6, 6.07) is 4.82. The second-order valence-corrected chi connectivity index (χ2v) is 6.26. The number of hydrogen-bond acceptors (Lipinski definition) is 2. The third kappa shape index (κ3) is 4.14. The van der Waals surface area contributed by atoms with Crippen LogP contribution in [0.4, 0.5) is 5.69 Å². The Morgan fingerprint density at radius 2 is 2.25 bits per heavy atom. The molecule has 20 heavy (non-hydrogen) atoms. The molecule has 1 aliphatic carbocycles. The maximum atomic E-state index is 10.8. The van der Waals surface area contributed by atoms with Crippen molar-refractivity contribution in [3.8, 4) is 0 Å². The van der Waals surface area contributed by atoms with E-state index in [0.717, 1.165) is 30.5 Å². The standard InChI is InChI=1S/C16H22ClNO2/c1-11-3-2-4-12(9-11)7-8-18-15-6-5-13(16(19)20)10-14(15)17/h5-6,10-12,18H,2-4,7-9H2,1H3,(H,19,20). The summed E-state index contributed by atoms with van der Waals surface area (Å²) in [5.74, 6) is 0.713. The SMILES string of the molecule is CC1CCCC(CCNc2ccc(C(=O)O)cc2Cl)C1. The van der Waals surface area contributed by atoms with Gasteiger partial charge in [-0.25, -0.2) is 4.79 Å². The number of halogens is 1. The van der Waals surface area contributed by atoms with Crippen LogP contribution in [0.5, 0.6) is 0 Å². The predicted octanol–water partition coefficient (Wildman–Crippen LogP) is 4.67. The lowest BCUT2D eigenvalue weighted by Gasteiger charge is -2.26. The first-order valence-electron chi connectivity index (χ1n) is 7.33. The van der Waals surface area contributed by atoms with Crippen LogP contribution in [0.25, 0.3) is 0 Å². The molecule has 0 radical (unpaired) electrons. The number of carboxylic acid groups (broad SMARTS) is 1. The van der Waals surface area contributed by atoms with Crippen LogP contribution in [0.2, 0.25) is 5.02 Å². The minimum Gasteiger partial charge on any atom is -0.478 e. The van der Waals surface area contributed by atoms with Gasteiger partial charge in [0.2, 0.25) is 0 Å². The molecule has 0 heterocycles. The van der Waals surface area contributed by atoms with E-state index < -0.39 is 5.97 Å². The topological polar surface area (TPSA) is 49.3 Å². The molecule has 0 aromatic heterocycles. The molecule has 1 saturated carbocycles. The second-order valence-electron chi connectivity index (χ2n) is 5.85. The fourth-order valence-corrected chi connectivity index (χ4v) is 3.27. The molecule has 2 rings (SSSR count). The van der Waals surface area contributed by atoms with Gasteiger partial charge in [0, 0.05) is 6.54 Å². The Balaban J connectivity index is 1.83. The number of carbonyl (C=O) groups is 1. The monoisotopic (exact) mass is 295 g/mol. The highest BCUT2D eigenvalue weighted by atomic mass is 35.5. The van der Waals surface area contributed by atoms with Gasteiger partial charge in [0.05, 0.1) is 16.3 Å². The van der Waals surface area contributed by atoms with Crippen molar-refractivity contribution in [1.82, 2.24) is 0 Å². The van der Waals surface area contributed by atoms with Gasteiger partial charge in [-0.3, -0.25) is 0 Å². The summed E-state index contributed by atoms with van der Waals surface area (Å²) in [5, 5.41) is 12.7. The van der Waals surface area contributed by atoms with Crippen LogP contribution in [-0.4, -0.2) is 17.6 Å². The van der Waals surface area contributed by atoms with E-state index in [4.69, 9.17) is 16.7 Å². The van der Waals surface area contributed by atoms with Crippen LogP contribution in [0.1, 0.15) is 49.4 Å². The van der Waals surface area contributed by atoms with Gasteiger partial charge in [-0.05, 0) is 42.9 Å². The minimum atomic E-state index is -0.949. The Morgan fingerprint density at radius 1 is 1.45 bits per heavy atom. The number of benzene rings is 1. The molecule has 110 valence electrons. The predicted molar refractivity (Wildman–Crippen MR) is 82.6 cm³/mol. The highest BCUT2D eigenvalue weighted by molar-refractivity contribution is 6.33. The van der Waals surface area contributed by atoms with Crippen molar-refractivity contribution in [2.75, 3.05) is 11.9 Å². The van der Waals surface area contributed by atoms with Crippen LogP contribution in [0, 0.1) is 11.8 Å². The number of nitrogens with one attached hydrogen (secondary N) is 1. The number of anilines is 1. The van der Waals surface area contributed by atoms with Crippen molar-refractivity contribution < 1.29 is 9.90 Å². The molecule has 0 amide bonds. The molecule has 0 saturated heterocycles. The maximum absolute atomic E-state index is 10.8. The Morgan fingerprint density at radius 3 is 2.90 bits per heavy atom. The molecule has 4 heteroatoms. The second kappa shape index (κ2) is 6.98. The van der Waals surface area contributed by atoms with Crippen LogP contribution in [-0.2, 0) is 0 Å². The number of hydrogen-bond donors (Lipinski definition) is 2. The summed E-state index contributed by atoms with van der Waals surface area (Å²) < 4.78 is 0. The Hall–Kier alpha value is -1.22. The molecule has 1 aliphatic rings. The van der Waals surface area contributed by atoms with E-state index in [1.54, 1.807) is 12.1 Å². The Labute approximate surface area is 125 Å². The van der Waals surface area contributed by atoms with Crippen LogP contribution in [0.15, 0.2) is 18.2 Å². The zero-order valence-electron chi connectivity index (χ0n) is 11.9. The molecular formula is C16H22ClNO2. The van der Waals surface area contributed by atoms with Gasteiger partial charge in [-0.1, -0.05) is 37.8 Å². The third-order valence-electron chi connectivity index (χ3n) is 4.13. The number of rotatable bonds is 5. The third-order valence-corrected chi connectivity index (χ3v) is 4.44. The average molecular weight is 296 g/mol. The Kier molecular flexibility index (Phi) is 5.30. The fourth-order valence-electron chi connectivity index (χ4n) is 3.02. The van der Waals surface area contributed by atoms with Crippen LogP contribution >= 0.6 is 11.6 Å². The summed E-state index contributed by atoms with van der Waals surface area (Å²) >= 11 is 6.09. The van der Waals surface area contributed by atoms with Gasteiger partial charge in [0.25, 0.3) is 0 Å². The summed E-state index contributed by atoms with van der Waals surface area (Å²) in [4.78, 5) is 10.8. The summed E-state index contributed by atoms with van der Waals surface area (Å²) in [7, 11) is 0. The first-order valence-corrected chi connectivity index (χ1v) is 7.70. The van der Waals surface area contributed by atoms with Crippen molar-refractivity contribution in [3.63, 3.8) is 0 Å². The zero-order valence-corrected chi connectivity index (χ0v) is 12.6. The molecule has 2 atom stereocenters. The molecular weight excluding hydrogens is 274 g/mol. The average Bonchev–Trinajstić information content (AvgIpc) is 2.40. The normalized spacial score (nSPS) is 22.5. The summed E-state index contributed by atoms with van der Waals surface area (Å²) in [5.41, 5.74) is 1.04. The molecule has 1 aromatic carbocycles. The lowest BCUT2D eigenvalue weighted by atomic mass is 9.81. The van der Waals surface area contributed by atoms with E-state index in [2.05, 4.69) is 12.2 Å². The molecule has 2 N–H and O–H groups in total. The van der Waals surface area contributed by atoms with Gasteiger partial charge in [0.15, 0.2) is 0 Å². The number of aromatic carboxylic acids is 1. The molecule has 1 aromatic rings. The van der Waals surface area contributed by atoms with Crippen molar-refractivity contribution in [1.29, 1.82) is 0 Å². The van der Waals surface area contributed by atoms with E-state index in [1.165, 1.54) is 31.7 Å². The summed E-state index contributed by atoms with van der Waals surface area (Å²) in [6.45, 7) is 3.23. The van der Waals surface area contributed by atoms with E-state index in [9.17, 15) is 4.79 Å². The molecule has 3 nitrogen and oxygen atoms in total. The van der Waals surface area contributed by atoms with Crippen LogP contribution in [0.3, 0.4) is 0 Å². The van der Waals surface area contributed by atoms with Crippen LogP contribution < -0.4 is 5.32 Å². The van der Waals surface area contributed by atoms with Crippen molar-refractivity contribution in [2.45, 2.75) is 39.0 Å². The fraction of sp³-hybridized carbons (Fsp3) is 0.562. The highest BCUT2D eigenvalue weighted by Crippen LogP contribution is 2.31. The maximum Gasteiger partial charge on any atom is 0.335 e. The van der Waals surface area contributed by atoms with E-state index >= 15 is 0 Å². The lowest BCUT2D eigenvalue weighted by Crippen LogP contribution is -2.16. The molecule has 0 spiro atoms. The zero-order chi connectivity index (χ0) is 14.5. The minimum absolute atomic E-state index is 0.224. The van der Waals surface area contributed by atoms with Gasteiger partial charge in [-0.2, -0.15) is 0 Å². The van der Waals surface area contributed by atoms with Gasteiger partial charge in [0.1, 0.15) is 0 Å². The Bertz CT molecular complexity index is 476. The van der Waals surface area contributed by atoms with Gasteiger partial charge in [-0.15, -0.1) is 0 Å². The van der Waals surface area contributed by atoms with Gasteiger partial charge >= 0.3 is 5.97 Å². The van der Waals surface area contributed by atoms with Crippen molar-refractivity contribution in [3.05, 3.63) is 28.8 Å². The van der Waals surface area contributed by atoms with Gasteiger partial charge < -0.3 is 10.4 Å². The van der Waals surface area contributed by atoms with Crippen molar-refractivity contribution >= 4 is 23.3 Å². The van der Waals surface area contributed by atoms with E-state index in [1.807, 2.05) is 0 Å². The number of carboxylic acids is 1. The first kappa shape index (κ1) is 15.2. The molecule has 2 unspecified atom stereocenters. The van der Waals surface area contributed by atoms with E-state index in [0.29, 0.717) is 5.02 Å². The highest BCUT2D eigenvalue weighted by Gasteiger charge is 2.18. The molecule has 1 fully saturated rings. The lowest BCUT2D eigenvalue weighted by molar-refractivity contribution is 0.0697. The quantitative estimate of drug-likeness (QED) is 0.830. The largest absolute Gasteiger partial charge is 0.478 e. The molecule has 0 bridgehead atoms.